The molecule has 1 amide bonds. The first kappa shape index (κ1) is 23.0. The van der Waals surface area contributed by atoms with Crippen LogP contribution in [0.3, 0.4) is 0 Å². The van der Waals surface area contributed by atoms with Gasteiger partial charge in [0.25, 0.3) is 5.91 Å². The van der Waals surface area contributed by atoms with Crippen molar-refractivity contribution in [2.24, 2.45) is 0 Å². The van der Waals surface area contributed by atoms with Crippen LogP contribution in [0.25, 0.3) is 10.9 Å². The predicted molar refractivity (Wildman–Crippen MR) is 121 cm³/mol. The fourth-order valence-corrected chi connectivity index (χ4v) is 5.59. The molecule has 3 aromatic rings. The Kier molecular flexibility index (Phi) is 6.77. The molecule has 0 radical (unpaired) electrons. The van der Waals surface area contributed by atoms with Gasteiger partial charge in [-0.2, -0.15) is 4.31 Å². The predicted octanol–water partition coefficient (Wildman–Crippen LogP) is 2.87. The van der Waals surface area contributed by atoms with Gasteiger partial charge in [-0.15, -0.1) is 0 Å². The fraction of sp³-hybridized carbons (Fsp3) is 0.304. The molecule has 1 aromatic heterocycles. The third-order valence-electron chi connectivity index (χ3n) is 5.51. The number of carbonyl (C=O) groups excluding carboxylic acids is 1. The van der Waals surface area contributed by atoms with Crippen molar-refractivity contribution >= 4 is 26.8 Å². The van der Waals surface area contributed by atoms with Gasteiger partial charge in [0.2, 0.25) is 15.9 Å². The molecule has 2 heterocycles. The van der Waals surface area contributed by atoms with Crippen LogP contribution in [-0.4, -0.2) is 48.0 Å². The lowest BCUT2D eigenvalue weighted by molar-refractivity contribution is -0.132. The Balaban J connectivity index is 1.51. The van der Waals surface area contributed by atoms with Crippen molar-refractivity contribution in [3.63, 3.8) is 0 Å². The zero-order valence-electron chi connectivity index (χ0n) is 18.1. The van der Waals surface area contributed by atoms with Gasteiger partial charge in [0.15, 0.2) is 0 Å². The minimum Gasteiger partial charge on any atom is -0.489 e. The number of benzene rings is 2. The van der Waals surface area contributed by atoms with Crippen molar-refractivity contribution < 1.29 is 27.9 Å². The second kappa shape index (κ2) is 9.74. The summed E-state index contributed by atoms with van der Waals surface area (Å²) in [6.07, 6.45) is 0.901. The molecule has 2 aromatic carbocycles. The van der Waals surface area contributed by atoms with Gasteiger partial charge in [-0.05, 0) is 50.1 Å². The van der Waals surface area contributed by atoms with Crippen molar-refractivity contribution in [1.82, 2.24) is 14.8 Å². The van der Waals surface area contributed by atoms with E-state index in [1.54, 1.807) is 17.6 Å². The topological polar surface area (TPSA) is 118 Å². The maximum atomic E-state index is 13.0. The van der Waals surface area contributed by atoms with Crippen molar-refractivity contribution in [1.29, 1.82) is 0 Å². The van der Waals surface area contributed by atoms with E-state index >= 15 is 0 Å². The van der Waals surface area contributed by atoms with Crippen molar-refractivity contribution in [3.05, 3.63) is 60.2 Å². The van der Waals surface area contributed by atoms with E-state index in [0.29, 0.717) is 31.1 Å². The van der Waals surface area contributed by atoms with Crippen LogP contribution in [0.5, 0.6) is 11.6 Å². The smallest absolute Gasteiger partial charge is 0.261 e. The molecular formula is C23H25N3O6S. The largest absolute Gasteiger partial charge is 0.489 e. The molecule has 1 aliphatic rings. The van der Waals surface area contributed by atoms with E-state index in [2.05, 4.69) is 4.98 Å². The molecule has 0 unspecified atom stereocenters. The summed E-state index contributed by atoms with van der Waals surface area (Å²) >= 11 is 0. The quantitative estimate of drug-likeness (QED) is 0.383. The molecule has 4 rings (SSSR count). The Morgan fingerprint density at radius 1 is 1.18 bits per heavy atom. The summed E-state index contributed by atoms with van der Waals surface area (Å²) in [4.78, 5) is 16.4. The number of para-hydroxylation sites is 1. The first-order valence-corrected chi connectivity index (χ1v) is 12.1. The summed E-state index contributed by atoms with van der Waals surface area (Å²) in [6, 6.07) is 14.7. The van der Waals surface area contributed by atoms with Gasteiger partial charge in [-0.1, -0.05) is 18.2 Å². The van der Waals surface area contributed by atoms with Gasteiger partial charge in [0, 0.05) is 23.6 Å². The molecular weight excluding hydrogens is 446 g/mol. The number of fused-ring (bicyclic) bond motifs is 1. The van der Waals surface area contributed by atoms with Crippen LogP contribution < -0.4 is 15.0 Å². The molecule has 1 aliphatic heterocycles. The van der Waals surface area contributed by atoms with Crippen LogP contribution in [0.15, 0.2) is 59.5 Å². The molecule has 9 nitrogen and oxygen atoms in total. The monoisotopic (exact) mass is 471 g/mol. The highest BCUT2D eigenvalue weighted by molar-refractivity contribution is 7.89. The van der Waals surface area contributed by atoms with E-state index in [-0.39, 0.29) is 18.0 Å². The van der Waals surface area contributed by atoms with Crippen LogP contribution in [0, 0.1) is 0 Å². The van der Waals surface area contributed by atoms with E-state index < -0.39 is 22.0 Å². The number of nitrogens with one attached hydrogen (secondary N) is 1. The highest BCUT2D eigenvalue weighted by atomic mass is 32.2. The first-order valence-electron chi connectivity index (χ1n) is 10.6. The molecule has 0 saturated carbocycles. The second-order valence-corrected chi connectivity index (χ2v) is 9.47. The average Bonchev–Trinajstić information content (AvgIpc) is 3.33. The number of hydroxylamine groups is 1. The summed E-state index contributed by atoms with van der Waals surface area (Å²) < 4.78 is 38.6. The zero-order valence-corrected chi connectivity index (χ0v) is 18.9. The lowest BCUT2D eigenvalue weighted by Gasteiger charge is -2.22. The van der Waals surface area contributed by atoms with Gasteiger partial charge >= 0.3 is 0 Å². The van der Waals surface area contributed by atoms with Crippen molar-refractivity contribution in [2.75, 3.05) is 13.2 Å². The van der Waals surface area contributed by atoms with E-state index in [4.69, 9.17) is 14.7 Å². The van der Waals surface area contributed by atoms with Crippen LogP contribution in [0.2, 0.25) is 0 Å². The number of carbonyl (C=O) groups is 1. The summed E-state index contributed by atoms with van der Waals surface area (Å²) in [5.41, 5.74) is 3.25. The van der Waals surface area contributed by atoms with Crippen molar-refractivity contribution in [2.45, 2.75) is 37.3 Å². The zero-order chi connectivity index (χ0) is 23.4. The molecule has 0 aliphatic carbocycles. The number of amides is 1. The minimum absolute atomic E-state index is 0.0560. The Morgan fingerprint density at radius 2 is 1.94 bits per heavy atom. The maximum Gasteiger partial charge on any atom is 0.261 e. The van der Waals surface area contributed by atoms with E-state index in [1.165, 1.54) is 12.1 Å². The summed E-state index contributed by atoms with van der Waals surface area (Å²) in [7, 11) is -3.89. The van der Waals surface area contributed by atoms with Crippen LogP contribution >= 0.6 is 0 Å². The number of nitrogens with zero attached hydrogens (tertiary/aromatic N) is 2. The average molecular weight is 472 g/mol. The third kappa shape index (κ3) is 4.77. The molecule has 1 saturated heterocycles. The number of sulfonamides is 1. The van der Waals surface area contributed by atoms with Gasteiger partial charge < -0.3 is 9.47 Å². The molecule has 1 atom stereocenters. The van der Waals surface area contributed by atoms with Crippen LogP contribution in [-0.2, 0) is 21.4 Å². The van der Waals surface area contributed by atoms with Gasteiger partial charge in [-0.25, -0.2) is 18.9 Å². The van der Waals surface area contributed by atoms with Crippen molar-refractivity contribution in [3.8, 4) is 11.6 Å². The fourth-order valence-electron chi connectivity index (χ4n) is 3.93. The van der Waals surface area contributed by atoms with Gasteiger partial charge in [-0.3, -0.25) is 10.0 Å². The SMILES string of the molecule is CCOc1cc(COc2ccc(S(=O)(=O)N3CCC[C@@H]3C(=O)NO)cc2)c2ccccc2n1. The molecule has 174 valence electrons. The summed E-state index contributed by atoms with van der Waals surface area (Å²) in [5.74, 6) is 0.286. The Morgan fingerprint density at radius 3 is 2.67 bits per heavy atom. The molecule has 2 N–H and O–H groups in total. The Labute approximate surface area is 192 Å². The van der Waals surface area contributed by atoms with E-state index in [0.717, 1.165) is 20.8 Å². The third-order valence-corrected chi connectivity index (χ3v) is 7.43. The van der Waals surface area contributed by atoms with E-state index in [9.17, 15) is 13.2 Å². The van der Waals surface area contributed by atoms with Crippen LogP contribution in [0.4, 0.5) is 0 Å². The maximum absolute atomic E-state index is 13.0. The minimum atomic E-state index is -3.89. The van der Waals surface area contributed by atoms with Gasteiger partial charge in [0.1, 0.15) is 18.4 Å². The number of ether oxygens (including phenoxy) is 2. The lowest BCUT2D eigenvalue weighted by Crippen LogP contribution is -2.44. The first-order chi connectivity index (χ1) is 15.9. The van der Waals surface area contributed by atoms with Crippen LogP contribution in [0.1, 0.15) is 25.3 Å². The molecule has 1 fully saturated rings. The molecule has 0 bridgehead atoms. The number of aromatic nitrogens is 1. The number of hydrogen-bond donors (Lipinski definition) is 2. The molecule has 10 heteroatoms. The number of rotatable bonds is 8. The second-order valence-electron chi connectivity index (χ2n) is 7.58. The summed E-state index contributed by atoms with van der Waals surface area (Å²) in [5, 5.41) is 9.85. The standard InChI is InChI=1S/C23H25N3O6S/c1-2-31-22-14-16(19-6-3-4-7-20(19)24-22)15-32-17-9-11-18(12-10-17)33(29,30)26-13-5-8-21(26)23(27)25-28/h3-4,6-7,9-12,14,21,28H,2,5,8,13,15H2,1H3,(H,25,27)/t21-/m1/s1. The highest BCUT2D eigenvalue weighted by Gasteiger charge is 2.39. The lowest BCUT2D eigenvalue weighted by atomic mass is 10.1. The normalized spacial score (nSPS) is 16.6. The Hall–Kier alpha value is -3.21. The number of hydrogen-bond acceptors (Lipinski definition) is 7. The van der Waals surface area contributed by atoms with Gasteiger partial charge in [0.05, 0.1) is 17.0 Å². The summed E-state index contributed by atoms with van der Waals surface area (Å²) in [6.45, 7) is 2.86. The van der Waals surface area contributed by atoms with E-state index in [1.807, 2.05) is 37.3 Å². The Bertz CT molecular complexity index is 1250. The molecule has 0 spiro atoms. The number of pyridine rings is 1. The highest BCUT2D eigenvalue weighted by Crippen LogP contribution is 2.28. The molecule has 33 heavy (non-hydrogen) atoms.